The minimum atomic E-state index is -0.0450. The predicted octanol–water partition coefficient (Wildman–Crippen LogP) is 4.51. The van der Waals surface area contributed by atoms with E-state index in [-0.39, 0.29) is 5.78 Å². The fourth-order valence-electron chi connectivity index (χ4n) is 1.19. The summed E-state index contributed by atoms with van der Waals surface area (Å²) >= 11 is 0. The number of nitrogens with zero attached hydrogens (tertiary/aromatic N) is 1. The number of carbonyl (C=O) groups excluding carboxylic acids is 1. The summed E-state index contributed by atoms with van der Waals surface area (Å²) in [5.41, 5.74) is 1.29. The number of hydrogen-bond acceptors (Lipinski definition) is 2. The Labute approximate surface area is 110 Å². The second kappa shape index (κ2) is 10.2. The lowest BCUT2D eigenvalue weighted by molar-refractivity contribution is -0.108. The number of rotatable bonds is 1. The lowest BCUT2D eigenvalue weighted by atomic mass is 10.1. The van der Waals surface area contributed by atoms with Gasteiger partial charge in [-0.05, 0) is 24.3 Å². The molecule has 0 saturated heterocycles. The zero-order valence-electron chi connectivity index (χ0n) is 11.6. The third-order valence-electron chi connectivity index (χ3n) is 1.87. The summed E-state index contributed by atoms with van der Waals surface area (Å²) in [6, 6.07) is 9.44. The molecule has 0 unspecified atom stereocenters. The van der Waals surface area contributed by atoms with E-state index >= 15 is 0 Å². The fraction of sp³-hybridized carbons (Fsp3) is 0.250. The average Bonchev–Trinajstić information content (AvgIpc) is 2.47. The topological polar surface area (TPSA) is 29.4 Å². The summed E-state index contributed by atoms with van der Waals surface area (Å²) in [5, 5.41) is 0. The van der Waals surface area contributed by atoms with E-state index in [9.17, 15) is 4.79 Å². The largest absolute Gasteiger partial charge is 0.288 e. The molecule has 1 aromatic carbocycles. The van der Waals surface area contributed by atoms with Crippen molar-refractivity contribution in [2.75, 3.05) is 0 Å². The minimum Gasteiger partial charge on any atom is -0.288 e. The maximum Gasteiger partial charge on any atom is 0.204 e. The molecular weight excluding hydrogens is 222 g/mol. The molecule has 18 heavy (non-hydrogen) atoms. The van der Waals surface area contributed by atoms with Crippen LogP contribution < -0.4 is 0 Å². The number of benzene rings is 1. The van der Waals surface area contributed by atoms with Crippen molar-refractivity contribution in [1.82, 2.24) is 0 Å². The van der Waals surface area contributed by atoms with Crippen molar-refractivity contribution in [2.45, 2.75) is 27.7 Å². The van der Waals surface area contributed by atoms with E-state index in [1.165, 1.54) is 6.08 Å². The Morgan fingerprint density at radius 3 is 1.94 bits per heavy atom. The van der Waals surface area contributed by atoms with Gasteiger partial charge in [-0.1, -0.05) is 58.0 Å². The highest BCUT2D eigenvalue weighted by Gasteiger charge is 2.06. The van der Waals surface area contributed by atoms with Gasteiger partial charge >= 0.3 is 0 Å². The Morgan fingerprint density at radius 2 is 1.39 bits per heavy atom. The van der Waals surface area contributed by atoms with Crippen molar-refractivity contribution in [1.29, 1.82) is 0 Å². The maximum atomic E-state index is 11.3. The number of allylic oxidation sites excluding steroid dienone is 4. The first-order chi connectivity index (χ1) is 8.86. The van der Waals surface area contributed by atoms with E-state index in [1.54, 1.807) is 12.2 Å². The minimum absolute atomic E-state index is 0.0450. The molecule has 96 valence electrons. The van der Waals surface area contributed by atoms with Gasteiger partial charge in [-0.15, -0.1) is 0 Å². The summed E-state index contributed by atoms with van der Waals surface area (Å²) in [5.74, 6) is -0.0450. The lowest BCUT2D eigenvalue weighted by Crippen LogP contribution is -2.09. The maximum absolute atomic E-state index is 11.3. The number of aliphatic imine (C=N–C) groups is 1. The highest BCUT2D eigenvalue weighted by molar-refractivity contribution is 6.49. The molecule has 0 bridgehead atoms. The van der Waals surface area contributed by atoms with Crippen molar-refractivity contribution in [3.8, 4) is 0 Å². The van der Waals surface area contributed by atoms with Crippen LogP contribution in [0.2, 0.25) is 0 Å². The van der Waals surface area contributed by atoms with Crippen LogP contribution in [0.25, 0.3) is 0 Å². The monoisotopic (exact) mass is 243 g/mol. The van der Waals surface area contributed by atoms with Crippen LogP contribution in [0.3, 0.4) is 0 Å². The van der Waals surface area contributed by atoms with Gasteiger partial charge < -0.3 is 0 Å². The Morgan fingerprint density at radius 1 is 0.833 bits per heavy atom. The molecule has 0 spiro atoms. The van der Waals surface area contributed by atoms with Gasteiger partial charge in [-0.3, -0.25) is 4.79 Å². The third kappa shape index (κ3) is 5.39. The zero-order valence-corrected chi connectivity index (χ0v) is 11.6. The highest BCUT2D eigenvalue weighted by atomic mass is 16.1. The summed E-state index contributed by atoms with van der Waals surface area (Å²) in [6.45, 7) is 8.00. The van der Waals surface area contributed by atoms with Crippen LogP contribution in [0.15, 0.2) is 59.6 Å². The molecular formula is C16H21NO. The van der Waals surface area contributed by atoms with E-state index in [1.807, 2.05) is 64.1 Å². The highest BCUT2D eigenvalue weighted by Crippen LogP contribution is 2.11. The first kappa shape index (κ1) is 16.0. The van der Waals surface area contributed by atoms with E-state index < -0.39 is 0 Å². The molecule has 1 aliphatic carbocycles. The molecule has 1 aromatic rings. The Balaban J connectivity index is 0.000000659. The molecule has 2 rings (SSSR count). The van der Waals surface area contributed by atoms with E-state index in [0.717, 1.165) is 5.69 Å². The van der Waals surface area contributed by atoms with Crippen LogP contribution in [0, 0.1) is 0 Å². The molecule has 0 N–H and O–H groups in total. The molecule has 0 amide bonds. The Kier molecular flexibility index (Phi) is 9.10. The summed E-state index contributed by atoms with van der Waals surface area (Å²) in [7, 11) is 0. The van der Waals surface area contributed by atoms with Gasteiger partial charge in [-0.2, -0.15) is 0 Å². The van der Waals surface area contributed by atoms with Crippen LogP contribution in [0.5, 0.6) is 0 Å². The number of para-hydroxylation sites is 1. The van der Waals surface area contributed by atoms with Gasteiger partial charge in [0, 0.05) is 0 Å². The molecule has 0 heterocycles. The summed E-state index contributed by atoms with van der Waals surface area (Å²) in [6.07, 6.45) is 6.76. The molecule has 0 aliphatic heterocycles. The molecule has 0 aromatic heterocycles. The predicted molar refractivity (Wildman–Crippen MR) is 79.5 cm³/mol. The van der Waals surface area contributed by atoms with Crippen LogP contribution in [-0.2, 0) is 4.79 Å². The molecule has 0 fully saturated rings. The quantitative estimate of drug-likeness (QED) is 0.667. The van der Waals surface area contributed by atoms with Gasteiger partial charge in [-0.25, -0.2) is 4.99 Å². The molecule has 2 heteroatoms. The number of carbonyl (C=O) groups is 1. The van der Waals surface area contributed by atoms with Crippen LogP contribution >= 0.6 is 0 Å². The SMILES string of the molecule is CC.CC.O=C1C=CC=CC1=Nc1ccccc1. The first-order valence-electron chi connectivity index (χ1n) is 6.39. The van der Waals surface area contributed by atoms with Gasteiger partial charge in [0.05, 0.1) is 5.69 Å². The van der Waals surface area contributed by atoms with Crippen LogP contribution in [0.1, 0.15) is 27.7 Å². The lowest BCUT2D eigenvalue weighted by Gasteiger charge is -1.99. The van der Waals surface area contributed by atoms with Gasteiger partial charge in [0.15, 0.2) is 0 Å². The van der Waals surface area contributed by atoms with Gasteiger partial charge in [0.2, 0.25) is 5.78 Å². The van der Waals surface area contributed by atoms with Crippen molar-refractivity contribution >= 4 is 17.2 Å². The number of hydrogen-bond donors (Lipinski definition) is 0. The van der Waals surface area contributed by atoms with Crippen molar-refractivity contribution in [2.24, 2.45) is 4.99 Å². The van der Waals surface area contributed by atoms with E-state index in [2.05, 4.69) is 4.99 Å². The second-order valence-corrected chi connectivity index (χ2v) is 2.92. The normalized spacial score (nSPS) is 14.4. The number of ketones is 1. The molecule has 0 atom stereocenters. The van der Waals surface area contributed by atoms with Crippen molar-refractivity contribution < 1.29 is 4.79 Å². The first-order valence-corrected chi connectivity index (χ1v) is 6.39. The van der Waals surface area contributed by atoms with Gasteiger partial charge in [0.1, 0.15) is 5.71 Å². The average molecular weight is 243 g/mol. The smallest absolute Gasteiger partial charge is 0.204 e. The fourth-order valence-corrected chi connectivity index (χ4v) is 1.19. The molecule has 0 saturated carbocycles. The van der Waals surface area contributed by atoms with Crippen LogP contribution in [-0.4, -0.2) is 11.5 Å². The van der Waals surface area contributed by atoms with Crippen molar-refractivity contribution in [3.05, 3.63) is 54.6 Å². The Bertz CT molecular complexity index is 428. The van der Waals surface area contributed by atoms with E-state index in [4.69, 9.17) is 0 Å². The van der Waals surface area contributed by atoms with Crippen LogP contribution in [0.4, 0.5) is 5.69 Å². The second-order valence-electron chi connectivity index (χ2n) is 2.92. The summed E-state index contributed by atoms with van der Waals surface area (Å²) in [4.78, 5) is 15.6. The summed E-state index contributed by atoms with van der Waals surface area (Å²) < 4.78 is 0. The molecule has 1 aliphatic rings. The zero-order chi connectivity index (χ0) is 13.8. The van der Waals surface area contributed by atoms with Gasteiger partial charge in [0.25, 0.3) is 0 Å². The molecule has 0 radical (unpaired) electrons. The Hall–Kier alpha value is -1.96. The third-order valence-corrected chi connectivity index (χ3v) is 1.87. The standard InChI is InChI=1S/C12H9NO.2C2H6/c14-12-9-5-4-8-11(12)13-10-6-2-1-3-7-10;2*1-2/h1-9H;2*1-2H3. The van der Waals surface area contributed by atoms with Crippen molar-refractivity contribution in [3.63, 3.8) is 0 Å². The van der Waals surface area contributed by atoms with E-state index in [0.29, 0.717) is 5.71 Å². The molecule has 2 nitrogen and oxygen atoms in total.